The van der Waals surface area contributed by atoms with Gasteiger partial charge in [0, 0.05) is 30.3 Å². The largest absolute Gasteiger partial charge is 0.411 e. The van der Waals surface area contributed by atoms with Crippen molar-refractivity contribution >= 4 is 29.3 Å². The highest BCUT2D eigenvalue weighted by molar-refractivity contribution is 8.00. The van der Waals surface area contributed by atoms with Crippen molar-refractivity contribution in [2.75, 3.05) is 19.8 Å². The minimum absolute atomic E-state index is 0.0669. The maximum absolute atomic E-state index is 12.0. The molecule has 0 aliphatic rings. The molecule has 2 rings (SSSR count). The number of carbonyl (C=O) groups excluding carboxylic acids is 1. The molecule has 24 heavy (non-hydrogen) atoms. The molecule has 1 N–H and O–H groups in total. The molecule has 2 aromatic rings. The third-order valence-electron chi connectivity index (χ3n) is 3.11. The fourth-order valence-corrected chi connectivity index (χ4v) is 2.68. The zero-order valence-electron chi connectivity index (χ0n) is 13.6. The van der Waals surface area contributed by atoms with Gasteiger partial charge in [-0.25, -0.2) is 0 Å². The third kappa shape index (κ3) is 5.81. The van der Waals surface area contributed by atoms with Crippen LogP contribution in [0.3, 0.4) is 0 Å². The molecule has 0 aliphatic heterocycles. The Hall–Kier alpha value is -1.57. The number of carbonyl (C=O) groups is 1. The van der Waals surface area contributed by atoms with Crippen LogP contribution in [0.5, 0.6) is 0 Å². The Morgan fingerprint density at radius 2 is 2.12 bits per heavy atom. The molecular formula is C16H20ClN3O3S. The van der Waals surface area contributed by atoms with Crippen LogP contribution in [0.15, 0.2) is 33.9 Å². The van der Waals surface area contributed by atoms with Gasteiger partial charge in [-0.3, -0.25) is 4.79 Å². The number of rotatable bonds is 9. The first kappa shape index (κ1) is 18.8. The Balaban J connectivity index is 1.82. The minimum Gasteiger partial charge on any atom is -0.411 e. The summed E-state index contributed by atoms with van der Waals surface area (Å²) in [5, 5.41) is 11.5. The molecule has 1 amide bonds. The summed E-state index contributed by atoms with van der Waals surface area (Å²) in [6, 6.07) is 7.12. The standard InChI is InChI=1S/C16H20ClN3O3S/c1-3-22-10-4-9-18-14(21)11(2)24-16-20-19-15(23-16)12-5-7-13(17)8-6-12/h5-8,11H,3-4,9-10H2,1-2H3,(H,18,21). The molecule has 1 aromatic carbocycles. The van der Waals surface area contributed by atoms with Crippen molar-refractivity contribution in [1.82, 2.24) is 15.5 Å². The van der Waals surface area contributed by atoms with Crippen LogP contribution in [0, 0.1) is 0 Å². The summed E-state index contributed by atoms with van der Waals surface area (Å²) in [5.74, 6) is 0.334. The summed E-state index contributed by atoms with van der Waals surface area (Å²) in [4.78, 5) is 12.0. The summed E-state index contributed by atoms with van der Waals surface area (Å²) in [5.41, 5.74) is 0.784. The minimum atomic E-state index is -0.324. The number of aromatic nitrogens is 2. The van der Waals surface area contributed by atoms with E-state index >= 15 is 0 Å². The van der Waals surface area contributed by atoms with E-state index in [-0.39, 0.29) is 11.2 Å². The average Bonchev–Trinajstić information content (AvgIpc) is 3.03. The molecule has 0 radical (unpaired) electrons. The molecule has 0 spiro atoms. The summed E-state index contributed by atoms with van der Waals surface area (Å²) in [7, 11) is 0. The van der Waals surface area contributed by atoms with Gasteiger partial charge in [0.1, 0.15) is 0 Å². The highest BCUT2D eigenvalue weighted by atomic mass is 35.5. The number of hydrogen-bond donors (Lipinski definition) is 1. The summed E-state index contributed by atoms with van der Waals surface area (Å²) < 4.78 is 10.8. The number of halogens is 1. The lowest BCUT2D eigenvalue weighted by atomic mass is 10.2. The lowest BCUT2D eigenvalue weighted by Gasteiger charge is -2.09. The number of amides is 1. The normalized spacial score (nSPS) is 12.1. The second kappa shape index (κ2) is 9.66. The Labute approximate surface area is 150 Å². The number of hydrogen-bond acceptors (Lipinski definition) is 6. The molecule has 0 aliphatic carbocycles. The summed E-state index contributed by atoms with van der Waals surface area (Å²) in [6.45, 7) is 5.66. The first-order chi connectivity index (χ1) is 11.6. The first-order valence-corrected chi connectivity index (χ1v) is 8.97. The lowest BCUT2D eigenvalue weighted by Crippen LogP contribution is -2.32. The quantitative estimate of drug-likeness (QED) is 0.539. The van der Waals surface area contributed by atoms with Gasteiger partial charge in [-0.1, -0.05) is 23.4 Å². The molecule has 130 valence electrons. The van der Waals surface area contributed by atoms with E-state index in [2.05, 4.69) is 15.5 Å². The van der Waals surface area contributed by atoms with Crippen LogP contribution in [-0.4, -0.2) is 41.1 Å². The predicted molar refractivity (Wildman–Crippen MR) is 94.2 cm³/mol. The number of benzene rings is 1. The zero-order valence-corrected chi connectivity index (χ0v) is 15.2. The van der Waals surface area contributed by atoms with E-state index in [4.69, 9.17) is 20.8 Å². The van der Waals surface area contributed by atoms with E-state index in [1.54, 1.807) is 31.2 Å². The van der Waals surface area contributed by atoms with Crippen molar-refractivity contribution < 1.29 is 13.9 Å². The fourth-order valence-electron chi connectivity index (χ4n) is 1.85. The Kier molecular flexibility index (Phi) is 7.55. The molecule has 1 aromatic heterocycles. The highest BCUT2D eigenvalue weighted by Crippen LogP contribution is 2.26. The van der Waals surface area contributed by atoms with E-state index in [0.717, 1.165) is 12.0 Å². The smallest absolute Gasteiger partial charge is 0.277 e. The number of nitrogens with zero attached hydrogens (tertiary/aromatic N) is 2. The van der Waals surface area contributed by atoms with E-state index in [0.29, 0.717) is 35.9 Å². The second-order valence-electron chi connectivity index (χ2n) is 4.98. The molecule has 0 saturated heterocycles. The van der Waals surface area contributed by atoms with E-state index in [1.165, 1.54) is 11.8 Å². The molecule has 8 heteroatoms. The molecule has 0 saturated carbocycles. The third-order valence-corrected chi connectivity index (χ3v) is 4.30. The van der Waals surface area contributed by atoms with Gasteiger partial charge < -0.3 is 14.5 Å². The van der Waals surface area contributed by atoms with Crippen LogP contribution in [0.1, 0.15) is 20.3 Å². The highest BCUT2D eigenvalue weighted by Gasteiger charge is 2.18. The van der Waals surface area contributed by atoms with Crippen molar-refractivity contribution in [3.05, 3.63) is 29.3 Å². The molecule has 0 bridgehead atoms. The van der Waals surface area contributed by atoms with Crippen molar-refractivity contribution in [1.29, 1.82) is 0 Å². The average molecular weight is 370 g/mol. The molecular weight excluding hydrogens is 350 g/mol. The lowest BCUT2D eigenvalue weighted by molar-refractivity contribution is -0.120. The van der Waals surface area contributed by atoms with Crippen LogP contribution >= 0.6 is 23.4 Å². The van der Waals surface area contributed by atoms with Crippen molar-refractivity contribution in [3.63, 3.8) is 0 Å². The van der Waals surface area contributed by atoms with Gasteiger partial charge in [0.25, 0.3) is 5.22 Å². The second-order valence-corrected chi connectivity index (χ2v) is 6.71. The summed E-state index contributed by atoms with van der Waals surface area (Å²) in [6.07, 6.45) is 0.790. The van der Waals surface area contributed by atoms with Gasteiger partial charge >= 0.3 is 0 Å². The van der Waals surface area contributed by atoms with E-state index in [1.807, 2.05) is 6.92 Å². The van der Waals surface area contributed by atoms with Crippen molar-refractivity contribution in [3.8, 4) is 11.5 Å². The molecule has 6 nitrogen and oxygen atoms in total. The number of thioether (sulfide) groups is 1. The zero-order chi connectivity index (χ0) is 17.4. The topological polar surface area (TPSA) is 77.2 Å². The van der Waals surface area contributed by atoms with Crippen LogP contribution in [-0.2, 0) is 9.53 Å². The Morgan fingerprint density at radius 3 is 2.83 bits per heavy atom. The van der Waals surface area contributed by atoms with Gasteiger partial charge in [0.15, 0.2) is 0 Å². The number of ether oxygens (including phenoxy) is 1. The molecule has 1 atom stereocenters. The maximum Gasteiger partial charge on any atom is 0.277 e. The van der Waals surface area contributed by atoms with Crippen molar-refractivity contribution in [2.45, 2.75) is 30.7 Å². The SMILES string of the molecule is CCOCCCNC(=O)C(C)Sc1nnc(-c2ccc(Cl)cc2)o1. The van der Waals surface area contributed by atoms with Gasteiger partial charge in [-0.2, -0.15) is 0 Å². The van der Waals surface area contributed by atoms with Crippen molar-refractivity contribution in [2.24, 2.45) is 0 Å². The van der Waals surface area contributed by atoms with Gasteiger partial charge in [-0.15, -0.1) is 10.2 Å². The molecule has 1 unspecified atom stereocenters. The van der Waals surface area contributed by atoms with Gasteiger partial charge in [0.05, 0.1) is 5.25 Å². The Bertz CT molecular complexity index is 648. The van der Waals surface area contributed by atoms with E-state index in [9.17, 15) is 4.79 Å². The van der Waals surface area contributed by atoms with Gasteiger partial charge in [-0.05, 0) is 44.5 Å². The number of nitrogens with one attached hydrogen (secondary N) is 1. The fraction of sp³-hybridized carbons (Fsp3) is 0.438. The predicted octanol–water partition coefficient (Wildman–Crippen LogP) is 3.41. The van der Waals surface area contributed by atoms with Crippen LogP contribution in [0.4, 0.5) is 0 Å². The Morgan fingerprint density at radius 1 is 1.38 bits per heavy atom. The molecule has 0 fully saturated rings. The van der Waals surface area contributed by atoms with Crippen LogP contribution in [0.2, 0.25) is 5.02 Å². The van der Waals surface area contributed by atoms with Gasteiger partial charge in [0.2, 0.25) is 11.8 Å². The summed E-state index contributed by atoms with van der Waals surface area (Å²) >= 11 is 7.08. The monoisotopic (exact) mass is 369 g/mol. The van der Waals surface area contributed by atoms with Crippen LogP contribution in [0.25, 0.3) is 11.5 Å². The van der Waals surface area contributed by atoms with Crippen LogP contribution < -0.4 is 5.32 Å². The maximum atomic E-state index is 12.0. The van der Waals surface area contributed by atoms with E-state index < -0.39 is 0 Å². The first-order valence-electron chi connectivity index (χ1n) is 7.71. The molecule has 1 heterocycles.